The Morgan fingerprint density at radius 1 is 1.19 bits per heavy atom. The van der Waals surface area contributed by atoms with Gasteiger partial charge in [-0.05, 0) is 39.1 Å². The zero-order valence-electron chi connectivity index (χ0n) is 18.0. The molecule has 0 saturated heterocycles. The van der Waals surface area contributed by atoms with Crippen molar-refractivity contribution in [1.29, 1.82) is 0 Å². The summed E-state index contributed by atoms with van der Waals surface area (Å²) >= 11 is 0. The fourth-order valence-electron chi connectivity index (χ4n) is 3.61. The lowest BCUT2D eigenvalue weighted by Crippen LogP contribution is -2.19. The summed E-state index contributed by atoms with van der Waals surface area (Å²) in [5.41, 5.74) is 2.22. The first kappa shape index (κ1) is 21.3. The zero-order chi connectivity index (χ0) is 21.8. The number of carboxylic acid groups (broad SMARTS) is 1. The average Bonchev–Trinajstić information content (AvgIpc) is 3.09. The van der Waals surface area contributed by atoms with Crippen LogP contribution in [-0.4, -0.2) is 71.2 Å². The van der Waals surface area contributed by atoms with E-state index in [9.17, 15) is 9.90 Å². The van der Waals surface area contributed by atoms with Gasteiger partial charge in [0.15, 0.2) is 11.3 Å². The second kappa shape index (κ2) is 9.45. The fraction of sp³-hybridized carbons (Fsp3) is 0.435. The first-order valence-electron chi connectivity index (χ1n) is 10.6. The Morgan fingerprint density at radius 2 is 1.97 bits per heavy atom. The minimum atomic E-state index is -1.10. The van der Waals surface area contributed by atoms with Crippen LogP contribution in [-0.2, 0) is 4.74 Å². The van der Waals surface area contributed by atoms with E-state index < -0.39 is 5.97 Å². The van der Waals surface area contributed by atoms with Crippen LogP contribution < -0.4 is 4.74 Å². The maximum Gasteiger partial charge on any atom is 0.354 e. The van der Waals surface area contributed by atoms with Gasteiger partial charge in [0.25, 0.3) is 0 Å². The van der Waals surface area contributed by atoms with Gasteiger partial charge in [0, 0.05) is 18.5 Å². The van der Waals surface area contributed by atoms with Crippen LogP contribution in [0.5, 0.6) is 5.75 Å². The lowest BCUT2D eigenvalue weighted by Gasteiger charge is -2.24. The summed E-state index contributed by atoms with van der Waals surface area (Å²) in [6.07, 6.45) is 3.30. The first-order chi connectivity index (χ1) is 15.0. The van der Waals surface area contributed by atoms with Crippen LogP contribution in [0.4, 0.5) is 0 Å². The predicted molar refractivity (Wildman–Crippen MR) is 117 cm³/mol. The van der Waals surface area contributed by atoms with Gasteiger partial charge in [0.05, 0.1) is 30.0 Å². The molecule has 3 aromatic rings. The number of benzene rings is 1. The molecule has 4 rings (SSSR count). The molecule has 31 heavy (non-hydrogen) atoms. The van der Waals surface area contributed by atoms with Gasteiger partial charge in [-0.1, -0.05) is 24.6 Å². The molecule has 0 radical (unpaired) electrons. The molecule has 0 unspecified atom stereocenters. The Morgan fingerprint density at radius 3 is 2.61 bits per heavy atom. The van der Waals surface area contributed by atoms with Crippen molar-refractivity contribution in [2.75, 3.05) is 40.5 Å². The SMILES string of the molecule is CN(C)CCOCCOc1cc(C(=O)O)nc2c1c(C1CCC1)nn2-c1ccccc1. The smallest absolute Gasteiger partial charge is 0.354 e. The number of para-hydroxylation sites is 1. The van der Waals surface area contributed by atoms with Gasteiger partial charge in [-0.15, -0.1) is 0 Å². The van der Waals surface area contributed by atoms with Crippen LogP contribution in [0, 0.1) is 0 Å². The normalized spacial score (nSPS) is 14.2. The number of carboxylic acids is 1. The van der Waals surface area contributed by atoms with Gasteiger partial charge in [-0.2, -0.15) is 5.10 Å². The minimum Gasteiger partial charge on any atom is -0.490 e. The molecule has 8 nitrogen and oxygen atoms in total. The fourth-order valence-corrected chi connectivity index (χ4v) is 3.61. The van der Waals surface area contributed by atoms with E-state index in [1.54, 1.807) is 4.68 Å². The standard InChI is InChI=1S/C23H28N4O4/c1-26(2)11-12-30-13-14-31-19-15-18(23(28)29)24-22-20(19)21(16-7-6-8-16)25-27(22)17-9-4-3-5-10-17/h3-5,9-10,15-16H,6-8,11-14H2,1-2H3,(H,28,29). The summed E-state index contributed by atoms with van der Waals surface area (Å²) in [5, 5.41) is 15.3. The summed E-state index contributed by atoms with van der Waals surface area (Å²) in [4.78, 5) is 18.2. The third kappa shape index (κ3) is 4.70. The number of carbonyl (C=O) groups is 1. The quantitative estimate of drug-likeness (QED) is 0.499. The molecular formula is C23H28N4O4. The van der Waals surface area contributed by atoms with Crippen molar-refractivity contribution in [3.63, 3.8) is 0 Å². The molecule has 1 aromatic carbocycles. The summed E-state index contributed by atoms with van der Waals surface area (Å²) in [7, 11) is 3.99. The summed E-state index contributed by atoms with van der Waals surface area (Å²) < 4.78 is 13.4. The van der Waals surface area contributed by atoms with E-state index in [4.69, 9.17) is 14.6 Å². The van der Waals surface area contributed by atoms with Gasteiger partial charge >= 0.3 is 5.97 Å². The predicted octanol–water partition coefficient (Wildman–Crippen LogP) is 3.34. The number of nitrogens with zero attached hydrogens (tertiary/aromatic N) is 4. The molecule has 1 aliphatic carbocycles. The van der Waals surface area contributed by atoms with E-state index in [2.05, 4.69) is 9.88 Å². The number of aromatic nitrogens is 3. The van der Waals surface area contributed by atoms with E-state index in [1.807, 2.05) is 44.4 Å². The molecular weight excluding hydrogens is 396 g/mol. The number of hydrogen-bond acceptors (Lipinski definition) is 6. The highest BCUT2D eigenvalue weighted by Crippen LogP contribution is 2.42. The molecule has 164 valence electrons. The highest BCUT2D eigenvalue weighted by atomic mass is 16.5. The van der Waals surface area contributed by atoms with Crippen LogP contribution in [0.2, 0.25) is 0 Å². The van der Waals surface area contributed by atoms with Crippen LogP contribution in [0.15, 0.2) is 36.4 Å². The largest absolute Gasteiger partial charge is 0.490 e. The summed E-state index contributed by atoms with van der Waals surface area (Å²) in [5.74, 6) is -0.258. The van der Waals surface area contributed by atoms with Crippen molar-refractivity contribution in [3.8, 4) is 11.4 Å². The molecule has 0 bridgehead atoms. The molecule has 1 saturated carbocycles. The Labute approximate surface area is 181 Å². The van der Waals surface area contributed by atoms with E-state index >= 15 is 0 Å². The van der Waals surface area contributed by atoms with Gasteiger partial charge < -0.3 is 19.5 Å². The van der Waals surface area contributed by atoms with Crippen LogP contribution in [0.25, 0.3) is 16.7 Å². The molecule has 1 aliphatic rings. The number of ether oxygens (including phenoxy) is 2. The molecule has 1 N–H and O–H groups in total. The van der Waals surface area contributed by atoms with Crippen molar-refractivity contribution in [3.05, 3.63) is 47.8 Å². The molecule has 0 spiro atoms. The molecule has 0 atom stereocenters. The van der Waals surface area contributed by atoms with Gasteiger partial charge in [-0.25, -0.2) is 14.5 Å². The van der Waals surface area contributed by atoms with Crippen LogP contribution in [0.3, 0.4) is 0 Å². The third-order valence-corrected chi connectivity index (χ3v) is 5.51. The number of aromatic carboxylic acids is 1. The second-order valence-electron chi connectivity index (χ2n) is 8.03. The van der Waals surface area contributed by atoms with Gasteiger partial charge in [0.2, 0.25) is 0 Å². The molecule has 0 amide bonds. The van der Waals surface area contributed by atoms with E-state index in [-0.39, 0.29) is 5.69 Å². The lowest BCUT2D eigenvalue weighted by atomic mass is 9.82. The Balaban J connectivity index is 1.70. The zero-order valence-corrected chi connectivity index (χ0v) is 18.0. The highest BCUT2D eigenvalue weighted by molar-refractivity contribution is 5.94. The summed E-state index contributed by atoms with van der Waals surface area (Å²) in [6.45, 7) is 2.19. The van der Waals surface area contributed by atoms with Crippen LogP contribution in [0.1, 0.15) is 41.4 Å². The van der Waals surface area contributed by atoms with Crippen molar-refractivity contribution >= 4 is 17.0 Å². The van der Waals surface area contributed by atoms with Crippen molar-refractivity contribution in [1.82, 2.24) is 19.7 Å². The van der Waals surface area contributed by atoms with Crippen LogP contribution >= 0.6 is 0 Å². The van der Waals surface area contributed by atoms with Crippen molar-refractivity contribution in [2.24, 2.45) is 0 Å². The molecule has 2 heterocycles. The molecule has 0 aliphatic heterocycles. The van der Waals surface area contributed by atoms with E-state index in [0.717, 1.165) is 36.2 Å². The Bertz CT molecular complexity index is 1040. The second-order valence-corrected chi connectivity index (χ2v) is 8.03. The first-order valence-corrected chi connectivity index (χ1v) is 10.6. The number of fused-ring (bicyclic) bond motifs is 1. The van der Waals surface area contributed by atoms with Crippen molar-refractivity contribution in [2.45, 2.75) is 25.2 Å². The lowest BCUT2D eigenvalue weighted by molar-refractivity contribution is 0.0689. The number of pyridine rings is 1. The van der Waals surface area contributed by atoms with Gasteiger partial charge in [0.1, 0.15) is 12.4 Å². The van der Waals surface area contributed by atoms with E-state index in [1.165, 1.54) is 12.5 Å². The third-order valence-electron chi connectivity index (χ3n) is 5.51. The highest BCUT2D eigenvalue weighted by Gasteiger charge is 2.29. The van der Waals surface area contributed by atoms with E-state index in [0.29, 0.717) is 37.1 Å². The van der Waals surface area contributed by atoms with Crippen molar-refractivity contribution < 1.29 is 19.4 Å². The number of rotatable bonds is 10. The average molecular weight is 425 g/mol. The molecule has 2 aromatic heterocycles. The summed E-state index contributed by atoms with van der Waals surface area (Å²) in [6, 6.07) is 11.2. The minimum absolute atomic E-state index is 0.0618. The number of hydrogen-bond donors (Lipinski definition) is 1. The van der Waals surface area contributed by atoms with Gasteiger partial charge in [-0.3, -0.25) is 0 Å². The maximum absolute atomic E-state index is 11.8. The maximum atomic E-state index is 11.8. The molecule has 1 fully saturated rings. The topological polar surface area (TPSA) is 89.7 Å². The number of likely N-dealkylation sites (N-methyl/N-ethyl adjacent to an activating group) is 1. The monoisotopic (exact) mass is 424 g/mol. The Kier molecular flexibility index (Phi) is 6.48. The molecule has 8 heteroatoms. The Hall–Kier alpha value is -2.97.